The number of ether oxygens (including phenoxy) is 1. The van der Waals surface area contributed by atoms with E-state index < -0.39 is 0 Å². The van der Waals surface area contributed by atoms with E-state index in [9.17, 15) is 9.59 Å². The van der Waals surface area contributed by atoms with Crippen LogP contribution >= 0.6 is 0 Å². The van der Waals surface area contributed by atoms with Crippen LogP contribution in [0, 0.1) is 28.6 Å². The number of fused-ring (bicyclic) bond motifs is 5. The highest BCUT2D eigenvalue weighted by molar-refractivity contribution is 5.87. The van der Waals surface area contributed by atoms with Crippen LogP contribution in [0.4, 0.5) is 0 Å². The van der Waals surface area contributed by atoms with Gasteiger partial charge in [-0.25, -0.2) is 0 Å². The molecular formula is C26H40O3. The van der Waals surface area contributed by atoms with E-state index in [0.717, 1.165) is 57.8 Å². The molecule has 4 rings (SSSR count). The number of carbonyl (C=O) groups is 2. The predicted molar refractivity (Wildman–Crippen MR) is 115 cm³/mol. The first-order chi connectivity index (χ1) is 13.9. The van der Waals surface area contributed by atoms with E-state index in [0.29, 0.717) is 30.0 Å². The number of rotatable bonds is 6. The lowest BCUT2D eigenvalue weighted by Crippen LogP contribution is -2.50. The molecule has 0 amide bonds. The van der Waals surface area contributed by atoms with Crippen molar-refractivity contribution in [3.8, 4) is 0 Å². The summed E-state index contributed by atoms with van der Waals surface area (Å²) >= 11 is 0. The van der Waals surface area contributed by atoms with Gasteiger partial charge in [-0.3, -0.25) is 9.59 Å². The second-order valence-corrected chi connectivity index (χ2v) is 10.8. The van der Waals surface area contributed by atoms with Crippen LogP contribution in [0.15, 0.2) is 11.6 Å². The SMILES string of the molecule is CCCCCCC(=O)O[C@@H]1CC[C@@]2(C)C(=CC[C@H]3[C@H]2CC[C@]2(C)C(=O)CC[C@H]32)C1. The van der Waals surface area contributed by atoms with Crippen molar-refractivity contribution < 1.29 is 14.3 Å². The van der Waals surface area contributed by atoms with Crippen LogP contribution in [-0.4, -0.2) is 17.9 Å². The minimum atomic E-state index is -0.0482. The number of esters is 1. The summed E-state index contributed by atoms with van der Waals surface area (Å²) in [7, 11) is 0. The largest absolute Gasteiger partial charge is 0.462 e. The molecule has 0 heterocycles. The molecule has 3 saturated carbocycles. The highest BCUT2D eigenvalue weighted by Gasteiger charge is 2.58. The molecule has 3 nitrogen and oxygen atoms in total. The molecule has 6 atom stereocenters. The molecule has 0 bridgehead atoms. The average Bonchev–Trinajstić information content (AvgIpc) is 3.00. The van der Waals surface area contributed by atoms with Crippen LogP contribution in [0.2, 0.25) is 0 Å². The van der Waals surface area contributed by atoms with Crippen molar-refractivity contribution in [1.82, 2.24) is 0 Å². The monoisotopic (exact) mass is 400 g/mol. The number of unbranched alkanes of at least 4 members (excludes halogenated alkanes) is 3. The number of Topliss-reactive ketones (excluding diaryl/α,β-unsaturated/α-hetero) is 1. The van der Waals surface area contributed by atoms with Gasteiger partial charge in [0.05, 0.1) is 0 Å². The lowest BCUT2D eigenvalue weighted by molar-refractivity contribution is -0.151. The lowest BCUT2D eigenvalue weighted by atomic mass is 9.48. The normalized spacial score (nSPS) is 41.2. The lowest BCUT2D eigenvalue weighted by Gasteiger charge is -2.56. The first kappa shape index (κ1) is 21.1. The third-order valence-corrected chi connectivity index (χ3v) is 9.30. The van der Waals surface area contributed by atoms with Gasteiger partial charge in [0.25, 0.3) is 0 Å². The average molecular weight is 401 g/mol. The summed E-state index contributed by atoms with van der Waals surface area (Å²) in [6.07, 6.45) is 16.0. The maximum Gasteiger partial charge on any atom is 0.306 e. The molecule has 162 valence electrons. The third kappa shape index (κ3) is 3.72. The molecule has 0 unspecified atom stereocenters. The Morgan fingerprint density at radius 3 is 2.62 bits per heavy atom. The molecular weight excluding hydrogens is 360 g/mol. The Labute approximate surface area is 177 Å². The second-order valence-electron chi connectivity index (χ2n) is 10.8. The van der Waals surface area contributed by atoms with E-state index >= 15 is 0 Å². The fraction of sp³-hybridized carbons (Fsp3) is 0.846. The maximum atomic E-state index is 12.6. The van der Waals surface area contributed by atoms with Crippen molar-refractivity contribution in [2.24, 2.45) is 28.6 Å². The number of ketones is 1. The van der Waals surface area contributed by atoms with Gasteiger partial charge < -0.3 is 4.74 Å². The molecule has 4 aliphatic rings. The summed E-state index contributed by atoms with van der Waals surface area (Å²) in [6, 6.07) is 0. The first-order valence-corrected chi connectivity index (χ1v) is 12.3. The molecule has 0 aromatic rings. The molecule has 3 fully saturated rings. The Balaban J connectivity index is 1.39. The molecule has 0 aromatic heterocycles. The molecule has 0 saturated heterocycles. The van der Waals surface area contributed by atoms with Crippen LogP contribution in [0.3, 0.4) is 0 Å². The van der Waals surface area contributed by atoms with E-state index in [4.69, 9.17) is 4.74 Å². The predicted octanol–water partition coefficient (Wildman–Crippen LogP) is 6.40. The van der Waals surface area contributed by atoms with Crippen molar-refractivity contribution in [2.75, 3.05) is 0 Å². The van der Waals surface area contributed by atoms with Gasteiger partial charge >= 0.3 is 5.97 Å². The minimum Gasteiger partial charge on any atom is -0.462 e. The van der Waals surface area contributed by atoms with Crippen LogP contribution < -0.4 is 0 Å². The quantitative estimate of drug-likeness (QED) is 0.294. The van der Waals surface area contributed by atoms with Crippen molar-refractivity contribution >= 4 is 11.8 Å². The van der Waals surface area contributed by atoms with Gasteiger partial charge in [-0.05, 0) is 68.1 Å². The van der Waals surface area contributed by atoms with E-state index in [1.807, 2.05) is 0 Å². The smallest absolute Gasteiger partial charge is 0.306 e. The summed E-state index contributed by atoms with van der Waals surface area (Å²) < 4.78 is 5.88. The Kier molecular flexibility index (Phi) is 5.97. The van der Waals surface area contributed by atoms with Gasteiger partial charge in [0.15, 0.2) is 0 Å². The van der Waals surface area contributed by atoms with Gasteiger partial charge in [0.1, 0.15) is 11.9 Å². The van der Waals surface area contributed by atoms with Gasteiger partial charge in [0, 0.05) is 24.7 Å². The van der Waals surface area contributed by atoms with Crippen molar-refractivity contribution in [2.45, 2.75) is 110 Å². The zero-order valence-corrected chi connectivity index (χ0v) is 18.8. The highest BCUT2D eigenvalue weighted by Crippen LogP contribution is 2.64. The number of allylic oxidation sites excluding steroid dienone is 1. The fourth-order valence-corrected chi connectivity index (χ4v) is 7.44. The Morgan fingerprint density at radius 1 is 1.07 bits per heavy atom. The highest BCUT2D eigenvalue weighted by atomic mass is 16.5. The molecule has 4 aliphatic carbocycles. The summed E-state index contributed by atoms with van der Waals surface area (Å²) in [4.78, 5) is 24.8. The Morgan fingerprint density at radius 2 is 1.83 bits per heavy atom. The van der Waals surface area contributed by atoms with Gasteiger partial charge in [-0.2, -0.15) is 0 Å². The first-order valence-electron chi connectivity index (χ1n) is 12.3. The fourth-order valence-electron chi connectivity index (χ4n) is 7.44. The van der Waals surface area contributed by atoms with Crippen molar-refractivity contribution in [3.05, 3.63) is 11.6 Å². The van der Waals surface area contributed by atoms with E-state index in [1.54, 1.807) is 5.57 Å². The van der Waals surface area contributed by atoms with E-state index in [-0.39, 0.29) is 22.9 Å². The van der Waals surface area contributed by atoms with Crippen LogP contribution in [-0.2, 0) is 14.3 Å². The van der Waals surface area contributed by atoms with Crippen LogP contribution in [0.5, 0.6) is 0 Å². The third-order valence-electron chi connectivity index (χ3n) is 9.30. The summed E-state index contributed by atoms with van der Waals surface area (Å²) in [6.45, 7) is 6.91. The second kappa shape index (κ2) is 8.19. The zero-order valence-electron chi connectivity index (χ0n) is 18.8. The molecule has 29 heavy (non-hydrogen) atoms. The van der Waals surface area contributed by atoms with Crippen LogP contribution in [0.1, 0.15) is 104 Å². The van der Waals surface area contributed by atoms with Crippen LogP contribution in [0.25, 0.3) is 0 Å². The Hall–Kier alpha value is -1.12. The minimum absolute atomic E-state index is 0.00175. The number of carbonyl (C=O) groups excluding carboxylic acids is 2. The standard InChI is InChI=1S/C26H40O3/c1-4-5-6-7-8-24(28)29-19-13-15-25(2)18(17-19)9-10-20-21-11-12-23(27)26(21,3)16-14-22(20)25/h9,19-22H,4-8,10-17H2,1-3H3/t19-,20-,21-,22-,25+,26+/m1/s1. The van der Waals surface area contributed by atoms with E-state index in [2.05, 4.69) is 26.8 Å². The maximum absolute atomic E-state index is 12.6. The van der Waals surface area contributed by atoms with Crippen molar-refractivity contribution in [3.63, 3.8) is 0 Å². The number of hydrogen-bond acceptors (Lipinski definition) is 3. The zero-order chi connectivity index (χ0) is 20.6. The molecule has 3 heteroatoms. The van der Waals surface area contributed by atoms with Gasteiger partial charge in [0.2, 0.25) is 0 Å². The molecule has 0 N–H and O–H groups in total. The van der Waals surface area contributed by atoms with Gasteiger partial charge in [-0.15, -0.1) is 0 Å². The summed E-state index contributed by atoms with van der Waals surface area (Å²) in [5.41, 5.74) is 1.74. The summed E-state index contributed by atoms with van der Waals surface area (Å²) in [5, 5.41) is 0. The summed E-state index contributed by atoms with van der Waals surface area (Å²) in [5.74, 6) is 2.49. The molecule has 0 radical (unpaired) electrons. The Bertz CT molecular complexity index is 679. The van der Waals surface area contributed by atoms with E-state index in [1.165, 1.54) is 19.3 Å². The van der Waals surface area contributed by atoms with Gasteiger partial charge in [-0.1, -0.05) is 51.7 Å². The molecule has 0 spiro atoms. The molecule has 0 aromatic carbocycles. The topological polar surface area (TPSA) is 43.4 Å². The van der Waals surface area contributed by atoms with Crippen molar-refractivity contribution in [1.29, 1.82) is 0 Å². The molecule has 0 aliphatic heterocycles. The number of hydrogen-bond donors (Lipinski definition) is 0.